The number of nitriles is 1. The third-order valence-electron chi connectivity index (χ3n) is 2.51. The minimum atomic E-state index is 0.492. The Labute approximate surface area is 94.9 Å². The second-order valence-electron chi connectivity index (χ2n) is 4.04. The Morgan fingerprint density at radius 1 is 1.38 bits per heavy atom. The first-order chi connectivity index (χ1) is 7.70. The Balaban J connectivity index is 2.41. The van der Waals surface area contributed by atoms with Crippen molar-refractivity contribution in [3.8, 4) is 11.8 Å². The van der Waals surface area contributed by atoms with Gasteiger partial charge in [-0.15, -0.1) is 0 Å². The molecule has 2 aromatic rings. The third-order valence-corrected chi connectivity index (χ3v) is 2.51. The Morgan fingerprint density at radius 3 is 2.81 bits per heavy atom. The molecule has 0 saturated carbocycles. The molecule has 0 spiro atoms. The fourth-order valence-electron chi connectivity index (χ4n) is 1.55. The molecule has 0 aliphatic rings. The van der Waals surface area contributed by atoms with Crippen molar-refractivity contribution in [2.75, 3.05) is 0 Å². The van der Waals surface area contributed by atoms with Crippen LogP contribution in [0.15, 0.2) is 36.7 Å². The van der Waals surface area contributed by atoms with Crippen molar-refractivity contribution in [3.05, 3.63) is 47.8 Å². The normalized spacial score (nSPS) is 10.4. The van der Waals surface area contributed by atoms with Crippen LogP contribution in [0.5, 0.6) is 0 Å². The Bertz CT molecular complexity index is 532. The van der Waals surface area contributed by atoms with E-state index in [1.165, 1.54) is 5.56 Å². The SMILES string of the molecule is CC(C)c1cccc(-n2cc(C#N)cn2)c1. The number of benzene rings is 1. The van der Waals surface area contributed by atoms with Crippen molar-refractivity contribution >= 4 is 0 Å². The van der Waals surface area contributed by atoms with Crippen molar-refractivity contribution in [2.24, 2.45) is 0 Å². The van der Waals surface area contributed by atoms with Crippen LogP contribution in [0.25, 0.3) is 5.69 Å². The molecule has 0 saturated heterocycles. The van der Waals surface area contributed by atoms with Crippen molar-refractivity contribution in [3.63, 3.8) is 0 Å². The molecule has 0 amide bonds. The molecular weight excluding hydrogens is 198 g/mol. The van der Waals surface area contributed by atoms with Gasteiger partial charge in [0.15, 0.2) is 0 Å². The van der Waals surface area contributed by atoms with Crippen molar-refractivity contribution in [2.45, 2.75) is 19.8 Å². The highest BCUT2D eigenvalue weighted by molar-refractivity contribution is 5.38. The minimum absolute atomic E-state index is 0.492. The molecule has 16 heavy (non-hydrogen) atoms. The molecule has 1 heterocycles. The summed E-state index contributed by atoms with van der Waals surface area (Å²) in [6.45, 7) is 4.31. The van der Waals surface area contributed by atoms with E-state index < -0.39 is 0 Å². The molecule has 0 radical (unpaired) electrons. The summed E-state index contributed by atoms with van der Waals surface area (Å²) >= 11 is 0. The summed E-state index contributed by atoms with van der Waals surface area (Å²) in [6, 6.07) is 10.3. The fraction of sp³-hybridized carbons (Fsp3) is 0.231. The molecule has 1 aromatic carbocycles. The second-order valence-corrected chi connectivity index (χ2v) is 4.04. The molecule has 0 unspecified atom stereocenters. The van der Waals surface area contributed by atoms with E-state index in [9.17, 15) is 0 Å². The maximum atomic E-state index is 8.74. The van der Waals surface area contributed by atoms with Crippen LogP contribution in [0.3, 0.4) is 0 Å². The fourth-order valence-corrected chi connectivity index (χ4v) is 1.55. The lowest BCUT2D eigenvalue weighted by Crippen LogP contribution is -1.96. The highest BCUT2D eigenvalue weighted by atomic mass is 15.3. The van der Waals surface area contributed by atoms with Crippen LogP contribution in [0.1, 0.15) is 30.9 Å². The lowest BCUT2D eigenvalue weighted by molar-refractivity contribution is 0.844. The third kappa shape index (κ3) is 1.96. The first-order valence-corrected chi connectivity index (χ1v) is 5.26. The van der Waals surface area contributed by atoms with E-state index >= 15 is 0 Å². The zero-order valence-electron chi connectivity index (χ0n) is 9.38. The molecule has 0 fully saturated rings. The van der Waals surface area contributed by atoms with Crippen LogP contribution in [-0.2, 0) is 0 Å². The molecule has 2 rings (SSSR count). The molecule has 0 bridgehead atoms. The summed E-state index contributed by atoms with van der Waals surface area (Å²) in [7, 11) is 0. The number of rotatable bonds is 2. The first kappa shape index (κ1) is 10.4. The topological polar surface area (TPSA) is 41.6 Å². The van der Waals surface area contributed by atoms with Gasteiger partial charge in [0.25, 0.3) is 0 Å². The summed E-state index contributed by atoms with van der Waals surface area (Å²) in [6.07, 6.45) is 3.31. The summed E-state index contributed by atoms with van der Waals surface area (Å²) in [5.74, 6) is 0.492. The van der Waals surface area contributed by atoms with Gasteiger partial charge in [-0.25, -0.2) is 4.68 Å². The van der Waals surface area contributed by atoms with E-state index in [4.69, 9.17) is 5.26 Å². The molecule has 3 nitrogen and oxygen atoms in total. The average Bonchev–Trinajstić information content (AvgIpc) is 2.77. The largest absolute Gasteiger partial charge is 0.240 e. The highest BCUT2D eigenvalue weighted by Crippen LogP contribution is 2.17. The Morgan fingerprint density at radius 2 is 2.19 bits per heavy atom. The zero-order chi connectivity index (χ0) is 11.5. The quantitative estimate of drug-likeness (QED) is 0.766. The van der Waals surface area contributed by atoms with Gasteiger partial charge in [0.1, 0.15) is 6.07 Å². The number of aromatic nitrogens is 2. The lowest BCUT2D eigenvalue weighted by atomic mass is 10.0. The van der Waals surface area contributed by atoms with Crippen molar-refractivity contribution in [1.29, 1.82) is 5.26 Å². The molecule has 3 heteroatoms. The summed E-state index contributed by atoms with van der Waals surface area (Å²) < 4.78 is 1.73. The van der Waals surface area contributed by atoms with Gasteiger partial charge in [-0.3, -0.25) is 0 Å². The smallest absolute Gasteiger partial charge is 0.102 e. The number of nitrogens with zero attached hydrogens (tertiary/aromatic N) is 3. The first-order valence-electron chi connectivity index (χ1n) is 5.26. The maximum Gasteiger partial charge on any atom is 0.102 e. The maximum absolute atomic E-state index is 8.74. The zero-order valence-corrected chi connectivity index (χ0v) is 9.38. The summed E-state index contributed by atoms with van der Waals surface area (Å²) in [5, 5.41) is 12.9. The molecule has 80 valence electrons. The second kappa shape index (κ2) is 4.19. The highest BCUT2D eigenvalue weighted by Gasteiger charge is 2.03. The van der Waals surface area contributed by atoms with E-state index in [2.05, 4.69) is 37.1 Å². The monoisotopic (exact) mass is 211 g/mol. The molecular formula is C13H13N3. The minimum Gasteiger partial charge on any atom is -0.240 e. The van der Waals surface area contributed by atoms with E-state index in [0.717, 1.165) is 5.69 Å². The van der Waals surface area contributed by atoms with Gasteiger partial charge in [-0.1, -0.05) is 26.0 Å². The molecule has 0 aliphatic heterocycles. The standard InChI is InChI=1S/C13H13N3/c1-10(2)12-4-3-5-13(6-12)16-9-11(7-14)8-15-16/h3-6,8-10H,1-2H3. The molecule has 0 N–H and O–H groups in total. The van der Waals surface area contributed by atoms with E-state index in [1.807, 2.05) is 12.1 Å². The predicted molar refractivity (Wildman–Crippen MR) is 62.4 cm³/mol. The molecule has 0 aliphatic carbocycles. The van der Waals surface area contributed by atoms with E-state index in [0.29, 0.717) is 11.5 Å². The van der Waals surface area contributed by atoms with Crippen LogP contribution >= 0.6 is 0 Å². The van der Waals surface area contributed by atoms with Crippen LogP contribution < -0.4 is 0 Å². The Kier molecular flexibility index (Phi) is 2.74. The van der Waals surface area contributed by atoms with Crippen LogP contribution in [0.2, 0.25) is 0 Å². The van der Waals surface area contributed by atoms with Crippen molar-refractivity contribution < 1.29 is 0 Å². The van der Waals surface area contributed by atoms with Crippen molar-refractivity contribution in [1.82, 2.24) is 9.78 Å². The van der Waals surface area contributed by atoms with Gasteiger partial charge in [0, 0.05) is 6.20 Å². The van der Waals surface area contributed by atoms with Gasteiger partial charge in [-0.05, 0) is 23.6 Å². The van der Waals surface area contributed by atoms with Gasteiger partial charge < -0.3 is 0 Å². The van der Waals surface area contributed by atoms with Crippen LogP contribution in [0.4, 0.5) is 0 Å². The van der Waals surface area contributed by atoms with Gasteiger partial charge in [0.2, 0.25) is 0 Å². The average molecular weight is 211 g/mol. The number of hydrogen-bond acceptors (Lipinski definition) is 2. The molecule has 1 aromatic heterocycles. The Hall–Kier alpha value is -2.08. The van der Waals surface area contributed by atoms with Gasteiger partial charge >= 0.3 is 0 Å². The summed E-state index contributed by atoms with van der Waals surface area (Å²) in [4.78, 5) is 0. The summed E-state index contributed by atoms with van der Waals surface area (Å²) in [5.41, 5.74) is 2.84. The van der Waals surface area contributed by atoms with Gasteiger partial charge in [0.05, 0.1) is 17.4 Å². The van der Waals surface area contributed by atoms with E-state index in [-0.39, 0.29) is 0 Å². The van der Waals surface area contributed by atoms with Crippen LogP contribution in [-0.4, -0.2) is 9.78 Å². The number of hydrogen-bond donors (Lipinski definition) is 0. The predicted octanol–water partition coefficient (Wildman–Crippen LogP) is 2.87. The van der Waals surface area contributed by atoms with Crippen LogP contribution in [0, 0.1) is 11.3 Å². The lowest BCUT2D eigenvalue weighted by Gasteiger charge is -2.07. The molecule has 0 atom stereocenters. The van der Waals surface area contributed by atoms with Gasteiger partial charge in [-0.2, -0.15) is 10.4 Å². The van der Waals surface area contributed by atoms with E-state index in [1.54, 1.807) is 17.1 Å².